The van der Waals surface area contributed by atoms with E-state index in [1.165, 1.54) is 6.92 Å². The third-order valence-electron chi connectivity index (χ3n) is 2.39. The van der Waals surface area contributed by atoms with Crippen LogP contribution in [-0.4, -0.2) is 12.1 Å². The molecule has 1 heterocycles. The van der Waals surface area contributed by atoms with Crippen LogP contribution in [0.15, 0.2) is 22.6 Å². The van der Waals surface area contributed by atoms with E-state index in [1.54, 1.807) is 18.2 Å². The molecule has 2 aromatic rings. The molecule has 0 saturated carbocycles. The number of ketones is 1. The van der Waals surface area contributed by atoms with Crippen LogP contribution in [0.25, 0.3) is 11.0 Å². The maximum atomic E-state index is 11.1. The largest absolute Gasteiger partial charge is 0.453 e. The van der Waals surface area contributed by atoms with Crippen LogP contribution in [0.1, 0.15) is 33.4 Å². The molecular weight excluding hydrogens is 192 g/mol. The fraction of sp³-hybridized carbons (Fsp3) is 0.167. The lowest BCUT2D eigenvalue weighted by molar-refractivity contribution is 0.0989. The fourth-order valence-electron chi connectivity index (χ4n) is 1.55. The molecule has 15 heavy (non-hydrogen) atoms. The van der Waals surface area contributed by atoms with Crippen LogP contribution in [0.2, 0.25) is 0 Å². The van der Waals surface area contributed by atoms with Gasteiger partial charge in [0, 0.05) is 17.9 Å². The first kappa shape index (κ1) is 9.65. The molecular formula is C12H10O3. The van der Waals surface area contributed by atoms with Gasteiger partial charge in [-0.1, -0.05) is 12.1 Å². The molecule has 76 valence electrons. The van der Waals surface area contributed by atoms with Crippen molar-refractivity contribution in [2.24, 2.45) is 0 Å². The van der Waals surface area contributed by atoms with E-state index in [4.69, 9.17) is 4.42 Å². The summed E-state index contributed by atoms with van der Waals surface area (Å²) in [5.41, 5.74) is 2.08. The molecule has 1 aromatic heterocycles. The zero-order chi connectivity index (χ0) is 11.0. The molecule has 0 radical (unpaired) electrons. The molecule has 1 aromatic carbocycles. The number of aryl methyl sites for hydroxylation is 1. The SMILES string of the molecule is CC(=O)c1cc2c(C=O)ccc(C)c2o1. The summed E-state index contributed by atoms with van der Waals surface area (Å²) in [7, 11) is 0. The molecule has 0 atom stereocenters. The van der Waals surface area contributed by atoms with Gasteiger partial charge in [0.05, 0.1) is 0 Å². The third-order valence-corrected chi connectivity index (χ3v) is 2.39. The van der Waals surface area contributed by atoms with Gasteiger partial charge in [-0.25, -0.2) is 0 Å². The molecule has 2 rings (SSSR count). The van der Waals surface area contributed by atoms with Gasteiger partial charge in [-0.3, -0.25) is 9.59 Å². The van der Waals surface area contributed by atoms with Gasteiger partial charge in [0.1, 0.15) is 5.58 Å². The summed E-state index contributed by atoms with van der Waals surface area (Å²) in [5.74, 6) is 0.157. The van der Waals surface area contributed by atoms with Crippen LogP contribution < -0.4 is 0 Å². The predicted molar refractivity (Wildman–Crippen MR) is 56.3 cm³/mol. The third kappa shape index (κ3) is 1.46. The highest BCUT2D eigenvalue weighted by atomic mass is 16.3. The zero-order valence-corrected chi connectivity index (χ0v) is 8.53. The number of aldehydes is 1. The van der Waals surface area contributed by atoms with Crippen molar-refractivity contribution in [2.45, 2.75) is 13.8 Å². The molecule has 0 aliphatic rings. The van der Waals surface area contributed by atoms with Gasteiger partial charge in [0.15, 0.2) is 17.8 Å². The number of Topliss-reactive ketones (excluding diaryl/α,β-unsaturated/α-hetero) is 1. The lowest BCUT2D eigenvalue weighted by Crippen LogP contribution is -1.85. The molecule has 3 heteroatoms. The zero-order valence-electron chi connectivity index (χ0n) is 8.53. The van der Waals surface area contributed by atoms with Crippen LogP contribution in [0.3, 0.4) is 0 Å². The number of rotatable bonds is 2. The maximum absolute atomic E-state index is 11.1. The Labute approximate surface area is 86.7 Å². The Bertz CT molecular complexity index is 549. The van der Waals surface area contributed by atoms with Crippen molar-refractivity contribution in [3.05, 3.63) is 35.1 Å². The summed E-state index contributed by atoms with van der Waals surface area (Å²) in [6, 6.07) is 5.15. The summed E-state index contributed by atoms with van der Waals surface area (Å²) in [6.45, 7) is 3.32. The van der Waals surface area contributed by atoms with Gasteiger partial charge in [-0.15, -0.1) is 0 Å². The number of carbonyl (C=O) groups is 2. The van der Waals surface area contributed by atoms with Crippen molar-refractivity contribution in [1.82, 2.24) is 0 Å². The quantitative estimate of drug-likeness (QED) is 0.555. The van der Waals surface area contributed by atoms with Crippen LogP contribution in [0, 0.1) is 6.92 Å². The first-order valence-corrected chi connectivity index (χ1v) is 4.62. The number of benzene rings is 1. The van der Waals surface area contributed by atoms with E-state index < -0.39 is 0 Å². The Morgan fingerprint density at radius 1 is 1.40 bits per heavy atom. The van der Waals surface area contributed by atoms with Gasteiger partial charge < -0.3 is 4.42 Å². The van der Waals surface area contributed by atoms with E-state index in [2.05, 4.69) is 0 Å². The topological polar surface area (TPSA) is 47.3 Å². The van der Waals surface area contributed by atoms with Crippen LogP contribution in [0.5, 0.6) is 0 Å². The number of hydrogen-bond donors (Lipinski definition) is 0. The van der Waals surface area contributed by atoms with Crippen molar-refractivity contribution < 1.29 is 14.0 Å². The van der Waals surface area contributed by atoms with Gasteiger partial charge in [0.2, 0.25) is 0 Å². The molecule has 3 nitrogen and oxygen atoms in total. The van der Waals surface area contributed by atoms with Crippen molar-refractivity contribution >= 4 is 23.0 Å². The smallest absolute Gasteiger partial charge is 0.194 e. The summed E-state index contributed by atoms with van der Waals surface area (Å²) in [5, 5.41) is 0.704. The van der Waals surface area contributed by atoms with E-state index >= 15 is 0 Å². The lowest BCUT2D eigenvalue weighted by atomic mass is 10.1. The second-order valence-corrected chi connectivity index (χ2v) is 3.50. The monoisotopic (exact) mass is 202 g/mol. The molecule has 0 saturated heterocycles. The predicted octanol–water partition coefficient (Wildman–Crippen LogP) is 2.76. The van der Waals surface area contributed by atoms with Gasteiger partial charge >= 0.3 is 0 Å². The highest BCUT2D eigenvalue weighted by Crippen LogP contribution is 2.25. The molecule has 0 bridgehead atoms. The lowest BCUT2D eigenvalue weighted by Gasteiger charge is -1.95. The van der Waals surface area contributed by atoms with Crippen molar-refractivity contribution in [1.29, 1.82) is 0 Å². The minimum atomic E-state index is -0.137. The van der Waals surface area contributed by atoms with Gasteiger partial charge in [-0.05, 0) is 18.6 Å². The number of hydrogen-bond acceptors (Lipinski definition) is 3. The van der Waals surface area contributed by atoms with Crippen LogP contribution in [0.4, 0.5) is 0 Å². The standard InChI is InChI=1S/C12H10O3/c1-7-3-4-9(6-13)10-5-11(8(2)14)15-12(7)10/h3-6H,1-2H3. The minimum absolute atomic E-state index is 0.137. The number of fused-ring (bicyclic) bond motifs is 1. The van der Waals surface area contributed by atoms with E-state index in [0.717, 1.165) is 11.8 Å². The Hall–Kier alpha value is -1.90. The summed E-state index contributed by atoms with van der Waals surface area (Å²) >= 11 is 0. The van der Waals surface area contributed by atoms with E-state index in [9.17, 15) is 9.59 Å². The Kier molecular flexibility index (Phi) is 2.15. The van der Waals surface area contributed by atoms with E-state index in [-0.39, 0.29) is 5.78 Å². The first-order chi connectivity index (χ1) is 7.13. The number of furan rings is 1. The Morgan fingerprint density at radius 2 is 2.13 bits per heavy atom. The maximum Gasteiger partial charge on any atom is 0.194 e. The first-order valence-electron chi connectivity index (χ1n) is 4.62. The summed E-state index contributed by atoms with van der Waals surface area (Å²) in [4.78, 5) is 21.9. The molecule has 0 fully saturated rings. The second kappa shape index (κ2) is 3.35. The molecule has 0 spiro atoms. The molecule has 0 unspecified atom stereocenters. The Morgan fingerprint density at radius 3 is 2.73 bits per heavy atom. The minimum Gasteiger partial charge on any atom is -0.453 e. The highest BCUT2D eigenvalue weighted by Gasteiger charge is 2.12. The van der Waals surface area contributed by atoms with E-state index in [1.807, 2.05) is 6.92 Å². The van der Waals surface area contributed by atoms with Crippen molar-refractivity contribution in [3.8, 4) is 0 Å². The Balaban J connectivity index is 2.83. The second-order valence-electron chi connectivity index (χ2n) is 3.50. The molecule has 0 amide bonds. The van der Waals surface area contributed by atoms with Crippen LogP contribution in [-0.2, 0) is 0 Å². The van der Waals surface area contributed by atoms with Crippen molar-refractivity contribution in [3.63, 3.8) is 0 Å². The average Bonchev–Trinajstić information content (AvgIpc) is 2.64. The van der Waals surface area contributed by atoms with Crippen LogP contribution >= 0.6 is 0 Å². The van der Waals surface area contributed by atoms with Gasteiger partial charge in [0.25, 0.3) is 0 Å². The van der Waals surface area contributed by atoms with E-state index in [0.29, 0.717) is 22.3 Å². The molecule has 0 aliphatic heterocycles. The summed E-state index contributed by atoms with van der Waals surface area (Å²) in [6.07, 6.45) is 0.765. The summed E-state index contributed by atoms with van der Waals surface area (Å²) < 4.78 is 5.39. The molecule has 0 N–H and O–H groups in total. The average molecular weight is 202 g/mol. The molecule has 0 aliphatic carbocycles. The van der Waals surface area contributed by atoms with Gasteiger partial charge in [-0.2, -0.15) is 0 Å². The normalized spacial score (nSPS) is 10.5. The van der Waals surface area contributed by atoms with Crippen molar-refractivity contribution in [2.75, 3.05) is 0 Å². The fourth-order valence-corrected chi connectivity index (χ4v) is 1.55. The number of carbonyl (C=O) groups excluding carboxylic acids is 2. The highest BCUT2D eigenvalue weighted by molar-refractivity contribution is 6.02.